The molecule has 0 aliphatic heterocycles. The quantitative estimate of drug-likeness (QED) is 0.783. The highest BCUT2D eigenvalue weighted by Crippen LogP contribution is 2.26. The van der Waals surface area contributed by atoms with E-state index in [2.05, 4.69) is 10.6 Å². The van der Waals surface area contributed by atoms with Gasteiger partial charge in [-0.05, 0) is 42.5 Å². The van der Waals surface area contributed by atoms with Gasteiger partial charge in [-0.25, -0.2) is 0 Å². The number of nitrogens with one attached hydrogen (secondary N) is 2. The fourth-order valence-corrected chi connectivity index (χ4v) is 2.01. The van der Waals surface area contributed by atoms with Crippen LogP contribution in [-0.2, 0) is 4.79 Å². The number of nitrogens with two attached hydrogens (primary N) is 1. The van der Waals surface area contributed by atoms with Crippen LogP contribution in [0.3, 0.4) is 0 Å². The fraction of sp³-hybridized carbons (Fsp3) is 0.125. The minimum atomic E-state index is -0.334. The molecule has 0 saturated carbocycles. The molecule has 7 heteroatoms. The Labute approximate surface area is 138 Å². The second kappa shape index (κ2) is 7.62. The van der Waals surface area contributed by atoms with E-state index in [-0.39, 0.29) is 18.4 Å². The molecular formula is C16H16ClN3O3. The van der Waals surface area contributed by atoms with Crippen LogP contribution in [0.15, 0.2) is 42.5 Å². The maximum atomic E-state index is 12.2. The maximum Gasteiger partial charge on any atom is 0.255 e. The lowest BCUT2D eigenvalue weighted by atomic mass is 10.2. The van der Waals surface area contributed by atoms with Gasteiger partial charge in [0.15, 0.2) is 0 Å². The van der Waals surface area contributed by atoms with E-state index in [1.807, 2.05) is 0 Å². The molecule has 23 heavy (non-hydrogen) atoms. The van der Waals surface area contributed by atoms with Gasteiger partial charge in [0.1, 0.15) is 5.75 Å². The number of hydrogen-bond donors (Lipinski definition) is 3. The molecule has 2 aromatic carbocycles. The summed E-state index contributed by atoms with van der Waals surface area (Å²) in [6.07, 6.45) is 0. The fourth-order valence-electron chi connectivity index (χ4n) is 1.85. The summed E-state index contributed by atoms with van der Waals surface area (Å²) in [6, 6.07) is 11.4. The van der Waals surface area contributed by atoms with E-state index >= 15 is 0 Å². The van der Waals surface area contributed by atoms with Crippen LogP contribution in [0.25, 0.3) is 0 Å². The van der Waals surface area contributed by atoms with Crippen molar-refractivity contribution in [1.82, 2.24) is 0 Å². The smallest absolute Gasteiger partial charge is 0.255 e. The van der Waals surface area contributed by atoms with Crippen LogP contribution in [0.1, 0.15) is 10.4 Å². The molecule has 0 aliphatic carbocycles. The summed E-state index contributed by atoms with van der Waals surface area (Å²) >= 11 is 6.07. The molecular weight excluding hydrogens is 318 g/mol. The van der Waals surface area contributed by atoms with Crippen molar-refractivity contribution in [3.8, 4) is 5.75 Å². The van der Waals surface area contributed by atoms with Crippen molar-refractivity contribution in [2.45, 2.75) is 0 Å². The van der Waals surface area contributed by atoms with Gasteiger partial charge in [0.2, 0.25) is 5.91 Å². The Kier molecular flexibility index (Phi) is 5.56. The molecule has 6 nitrogen and oxygen atoms in total. The monoisotopic (exact) mass is 333 g/mol. The van der Waals surface area contributed by atoms with E-state index in [1.54, 1.807) is 49.6 Å². The van der Waals surface area contributed by atoms with Gasteiger partial charge in [0.05, 0.1) is 24.4 Å². The standard InChI is InChI=1S/C16H16ClN3O3/c1-23-12-5-2-10(3-6-12)16(22)20-14-8-11(4-7-13(14)17)19-15(21)9-18/h2-8H,9,18H2,1H3,(H,19,21)(H,20,22). The third-order valence-corrected chi connectivity index (χ3v) is 3.37. The first kappa shape index (κ1) is 16.8. The number of anilines is 2. The Bertz CT molecular complexity index is 717. The van der Waals surface area contributed by atoms with Crippen LogP contribution in [0.4, 0.5) is 11.4 Å². The lowest BCUT2D eigenvalue weighted by Gasteiger charge is -2.10. The third kappa shape index (κ3) is 4.45. The predicted molar refractivity (Wildman–Crippen MR) is 90.1 cm³/mol. The van der Waals surface area contributed by atoms with Gasteiger partial charge < -0.3 is 21.1 Å². The highest BCUT2D eigenvalue weighted by Gasteiger charge is 2.10. The van der Waals surface area contributed by atoms with Gasteiger partial charge in [-0.2, -0.15) is 0 Å². The molecule has 0 fully saturated rings. The predicted octanol–water partition coefficient (Wildman–Crippen LogP) is 2.50. The summed E-state index contributed by atoms with van der Waals surface area (Å²) < 4.78 is 5.05. The van der Waals surface area contributed by atoms with Gasteiger partial charge in [0, 0.05) is 11.3 Å². The normalized spacial score (nSPS) is 10.0. The van der Waals surface area contributed by atoms with Crippen LogP contribution in [0.5, 0.6) is 5.75 Å². The Balaban J connectivity index is 2.15. The molecule has 0 spiro atoms. The van der Waals surface area contributed by atoms with Crippen LogP contribution in [0.2, 0.25) is 5.02 Å². The number of benzene rings is 2. The highest BCUT2D eigenvalue weighted by molar-refractivity contribution is 6.34. The van der Waals surface area contributed by atoms with Crippen LogP contribution in [-0.4, -0.2) is 25.5 Å². The van der Waals surface area contributed by atoms with E-state index in [0.717, 1.165) is 0 Å². The highest BCUT2D eigenvalue weighted by atomic mass is 35.5. The number of ether oxygens (including phenoxy) is 1. The van der Waals surface area contributed by atoms with Crippen molar-refractivity contribution >= 4 is 34.8 Å². The molecule has 0 unspecified atom stereocenters. The maximum absolute atomic E-state index is 12.2. The Morgan fingerprint density at radius 1 is 1.13 bits per heavy atom. The minimum absolute atomic E-state index is 0.129. The second-order valence-electron chi connectivity index (χ2n) is 4.63. The number of amides is 2. The van der Waals surface area contributed by atoms with Gasteiger partial charge in [-0.15, -0.1) is 0 Å². The van der Waals surface area contributed by atoms with E-state index in [4.69, 9.17) is 22.1 Å². The molecule has 0 heterocycles. The van der Waals surface area contributed by atoms with Gasteiger partial charge >= 0.3 is 0 Å². The van der Waals surface area contributed by atoms with Gasteiger partial charge in [-0.3, -0.25) is 9.59 Å². The number of carbonyl (C=O) groups excluding carboxylic acids is 2. The molecule has 0 bridgehead atoms. The summed E-state index contributed by atoms with van der Waals surface area (Å²) in [5.74, 6) is 0.00249. The number of carbonyl (C=O) groups is 2. The van der Waals surface area contributed by atoms with Crippen molar-refractivity contribution in [1.29, 1.82) is 0 Å². The van der Waals surface area contributed by atoms with Gasteiger partial charge in [-0.1, -0.05) is 11.6 Å². The molecule has 0 saturated heterocycles. The molecule has 2 rings (SSSR count). The SMILES string of the molecule is COc1ccc(C(=O)Nc2cc(NC(=O)CN)ccc2Cl)cc1. The van der Waals surface area contributed by atoms with Crippen LogP contribution in [0, 0.1) is 0 Å². The molecule has 0 aromatic heterocycles. The summed E-state index contributed by atoms with van der Waals surface area (Å²) in [7, 11) is 1.55. The number of rotatable bonds is 5. The molecule has 0 aliphatic rings. The molecule has 4 N–H and O–H groups in total. The molecule has 0 radical (unpaired) electrons. The van der Waals surface area contributed by atoms with E-state index in [1.165, 1.54) is 0 Å². The Morgan fingerprint density at radius 2 is 1.83 bits per heavy atom. The van der Waals surface area contributed by atoms with Crippen molar-refractivity contribution in [3.05, 3.63) is 53.1 Å². The van der Waals surface area contributed by atoms with E-state index in [0.29, 0.717) is 27.7 Å². The largest absolute Gasteiger partial charge is 0.497 e. The van der Waals surface area contributed by atoms with Gasteiger partial charge in [0.25, 0.3) is 5.91 Å². The van der Waals surface area contributed by atoms with Crippen LogP contribution < -0.4 is 21.1 Å². The van der Waals surface area contributed by atoms with Crippen molar-refractivity contribution in [2.24, 2.45) is 5.73 Å². The summed E-state index contributed by atoms with van der Waals surface area (Å²) in [6.45, 7) is -0.129. The number of halogens is 1. The van der Waals surface area contributed by atoms with E-state index < -0.39 is 0 Å². The molecule has 120 valence electrons. The first-order valence-electron chi connectivity index (χ1n) is 6.78. The molecule has 0 atom stereocenters. The lowest BCUT2D eigenvalue weighted by Crippen LogP contribution is -2.22. The molecule has 2 amide bonds. The second-order valence-corrected chi connectivity index (χ2v) is 5.04. The topological polar surface area (TPSA) is 93.5 Å². The number of methoxy groups -OCH3 is 1. The van der Waals surface area contributed by atoms with Crippen molar-refractivity contribution in [2.75, 3.05) is 24.3 Å². The zero-order valence-electron chi connectivity index (χ0n) is 12.4. The summed E-state index contributed by atoms with van der Waals surface area (Å²) in [5.41, 5.74) is 6.59. The van der Waals surface area contributed by atoms with Crippen molar-refractivity contribution in [3.63, 3.8) is 0 Å². The third-order valence-electron chi connectivity index (χ3n) is 3.04. The Hall–Kier alpha value is -2.57. The average molecular weight is 334 g/mol. The summed E-state index contributed by atoms with van der Waals surface area (Å²) in [4.78, 5) is 23.6. The first-order chi connectivity index (χ1) is 11.0. The van der Waals surface area contributed by atoms with E-state index in [9.17, 15) is 9.59 Å². The zero-order chi connectivity index (χ0) is 16.8. The lowest BCUT2D eigenvalue weighted by molar-refractivity contribution is -0.114. The molecule has 2 aromatic rings. The van der Waals surface area contributed by atoms with Crippen LogP contribution >= 0.6 is 11.6 Å². The first-order valence-corrected chi connectivity index (χ1v) is 7.16. The number of hydrogen-bond acceptors (Lipinski definition) is 4. The minimum Gasteiger partial charge on any atom is -0.497 e. The Morgan fingerprint density at radius 3 is 2.43 bits per heavy atom. The zero-order valence-corrected chi connectivity index (χ0v) is 13.2. The van der Waals surface area contributed by atoms with Crippen molar-refractivity contribution < 1.29 is 14.3 Å². The average Bonchev–Trinajstić information content (AvgIpc) is 2.57. The summed E-state index contributed by atoms with van der Waals surface area (Å²) in [5, 5.41) is 5.66.